The molecule has 1 aliphatic rings. The number of hydrogen-bond acceptors (Lipinski definition) is 2. The maximum atomic E-state index is 12.0. The fourth-order valence-corrected chi connectivity index (χ4v) is 2.41. The molecule has 0 saturated carbocycles. The molecule has 1 atom stereocenters. The van der Waals surface area contributed by atoms with E-state index in [0.717, 1.165) is 25.2 Å². The molecule has 1 aromatic carbocycles. The number of hydrogen-bond donors (Lipinski definition) is 2. The number of benzene rings is 1. The molecule has 1 aliphatic heterocycles. The van der Waals surface area contributed by atoms with Crippen LogP contribution in [-0.4, -0.2) is 32.2 Å². The van der Waals surface area contributed by atoms with Gasteiger partial charge in [0, 0.05) is 18.3 Å². The van der Waals surface area contributed by atoms with Crippen molar-refractivity contribution in [1.82, 2.24) is 10.6 Å². The average Bonchev–Trinajstić information content (AvgIpc) is 2.66. The molecule has 1 fully saturated rings. The summed E-state index contributed by atoms with van der Waals surface area (Å²) in [6, 6.07) is 6.50. The van der Waals surface area contributed by atoms with Crippen LogP contribution >= 0.6 is 0 Å². The van der Waals surface area contributed by atoms with Gasteiger partial charge in [0.05, 0.1) is 0 Å². The minimum atomic E-state index is 0.0149. The smallest absolute Gasteiger partial charge is 0.322 e. The minimum Gasteiger partial charge on any atom is -0.333 e. The normalized spacial score (nSPS) is 19.2. The van der Waals surface area contributed by atoms with E-state index in [0.29, 0.717) is 0 Å². The molecule has 0 aliphatic carbocycles. The van der Waals surface area contributed by atoms with Crippen molar-refractivity contribution in [2.45, 2.75) is 26.3 Å². The van der Waals surface area contributed by atoms with E-state index in [1.54, 1.807) is 0 Å². The van der Waals surface area contributed by atoms with Gasteiger partial charge in [0.15, 0.2) is 0 Å². The van der Waals surface area contributed by atoms with Gasteiger partial charge in [-0.1, -0.05) is 6.07 Å². The van der Waals surface area contributed by atoms with Crippen LogP contribution in [0.25, 0.3) is 0 Å². The largest absolute Gasteiger partial charge is 0.333 e. The molecule has 2 N–H and O–H groups in total. The third kappa shape index (κ3) is 2.82. The van der Waals surface area contributed by atoms with Gasteiger partial charge in [-0.25, -0.2) is 4.79 Å². The second-order valence-corrected chi connectivity index (χ2v) is 5.00. The molecule has 1 saturated heterocycles. The van der Waals surface area contributed by atoms with Crippen LogP contribution in [0.4, 0.5) is 10.5 Å². The topological polar surface area (TPSA) is 44.4 Å². The van der Waals surface area contributed by atoms with E-state index in [4.69, 9.17) is 0 Å². The van der Waals surface area contributed by atoms with Crippen molar-refractivity contribution in [3.63, 3.8) is 0 Å². The molecule has 18 heavy (non-hydrogen) atoms. The van der Waals surface area contributed by atoms with E-state index in [1.807, 2.05) is 11.9 Å². The highest BCUT2D eigenvalue weighted by molar-refractivity contribution is 5.94. The number of carbonyl (C=O) groups is 1. The lowest BCUT2D eigenvalue weighted by Gasteiger charge is -2.16. The summed E-state index contributed by atoms with van der Waals surface area (Å²) in [5.74, 6) is 0. The Hall–Kier alpha value is -1.55. The Morgan fingerprint density at radius 3 is 2.61 bits per heavy atom. The molecule has 2 rings (SSSR count). The zero-order valence-electron chi connectivity index (χ0n) is 11.3. The molecule has 4 heteroatoms. The molecule has 1 aromatic rings. The van der Waals surface area contributed by atoms with E-state index in [-0.39, 0.29) is 12.1 Å². The number of anilines is 1. The first kappa shape index (κ1) is 12.9. The van der Waals surface area contributed by atoms with Crippen LogP contribution in [0.3, 0.4) is 0 Å². The summed E-state index contributed by atoms with van der Waals surface area (Å²) >= 11 is 0. The number of rotatable bonds is 4. The van der Waals surface area contributed by atoms with E-state index >= 15 is 0 Å². The highest BCUT2D eigenvalue weighted by Gasteiger charge is 2.29. The number of amides is 2. The van der Waals surface area contributed by atoms with Crippen molar-refractivity contribution in [3.05, 3.63) is 29.3 Å². The zero-order chi connectivity index (χ0) is 13.1. The maximum absolute atomic E-state index is 12.0. The summed E-state index contributed by atoms with van der Waals surface area (Å²) in [6.45, 7) is 5.79. The van der Waals surface area contributed by atoms with Gasteiger partial charge in [-0.3, -0.25) is 4.90 Å². The second-order valence-electron chi connectivity index (χ2n) is 5.00. The Labute approximate surface area is 108 Å². The number of urea groups is 1. The summed E-state index contributed by atoms with van der Waals surface area (Å²) in [4.78, 5) is 13.8. The fraction of sp³-hybridized carbons (Fsp3) is 0.500. The minimum absolute atomic E-state index is 0.0149. The third-order valence-electron chi connectivity index (χ3n) is 3.24. The van der Waals surface area contributed by atoms with Crippen molar-refractivity contribution in [1.29, 1.82) is 0 Å². The quantitative estimate of drug-likeness (QED) is 0.852. The van der Waals surface area contributed by atoms with Gasteiger partial charge in [0.1, 0.15) is 0 Å². The van der Waals surface area contributed by atoms with Gasteiger partial charge in [0.2, 0.25) is 0 Å². The number of nitrogens with zero attached hydrogens (tertiary/aromatic N) is 1. The Morgan fingerprint density at radius 1 is 1.33 bits per heavy atom. The van der Waals surface area contributed by atoms with Gasteiger partial charge in [0.25, 0.3) is 0 Å². The first-order chi connectivity index (χ1) is 8.60. The van der Waals surface area contributed by atoms with Gasteiger partial charge < -0.3 is 10.6 Å². The SMILES string of the molecule is CNCCC1CN(c2cc(C)cc(C)c2)C(=O)N1. The van der Waals surface area contributed by atoms with E-state index in [2.05, 4.69) is 42.7 Å². The molecule has 98 valence electrons. The summed E-state index contributed by atoms with van der Waals surface area (Å²) in [5, 5.41) is 6.14. The molecule has 4 nitrogen and oxygen atoms in total. The fourth-order valence-electron chi connectivity index (χ4n) is 2.41. The highest BCUT2D eigenvalue weighted by Crippen LogP contribution is 2.22. The summed E-state index contributed by atoms with van der Waals surface area (Å²) < 4.78 is 0. The molecule has 1 heterocycles. The standard InChI is InChI=1S/C14H21N3O/c1-10-6-11(2)8-13(7-10)17-9-12(4-5-15-3)16-14(17)18/h6-8,12,15H,4-5,9H2,1-3H3,(H,16,18). The molecule has 0 spiro atoms. The van der Waals surface area contributed by atoms with Crippen molar-refractivity contribution >= 4 is 11.7 Å². The van der Waals surface area contributed by atoms with E-state index in [1.165, 1.54) is 11.1 Å². The molecule has 1 unspecified atom stereocenters. The molecular formula is C14H21N3O. The van der Waals surface area contributed by atoms with Gasteiger partial charge in [-0.2, -0.15) is 0 Å². The summed E-state index contributed by atoms with van der Waals surface area (Å²) in [5.41, 5.74) is 3.38. The Kier molecular flexibility index (Phi) is 3.87. The number of aryl methyl sites for hydroxylation is 2. The monoisotopic (exact) mass is 247 g/mol. The van der Waals surface area contributed by atoms with Crippen LogP contribution in [-0.2, 0) is 0 Å². The van der Waals surface area contributed by atoms with Crippen molar-refractivity contribution in [3.8, 4) is 0 Å². The van der Waals surface area contributed by atoms with Crippen LogP contribution in [0, 0.1) is 13.8 Å². The molecular weight excluding hydrogens is 226 g/mol. The van der Waals surface area contributed by atoms with Gasteiger partial charge >= 0.3 is 6.03 Å². The molecule has 2 amide bonds. The first-order valence-corrected chi connectivity index (χ1v) is 6.41. The lowest BCUT2D eigenvalue weighted by molar-refractivity contribution is 0.250. The van der Waals surface area contributed by atoms with Gasteiger partial charge in [-0.05, 0) is 57.1 Å². The summed E-state index contributed by atoms with van der Waals surface area (Å²) in [6.07, 6.45) is 0.962. The van der Waals surface area contributed by atoms with Crippen LogP contribution < -0.4 is 15.5 Å². The molecule has 0 radical (unpaired) electrons. The van der Waals surface area contributed by atoms with Gasteiger partial charge in [-0.15, -0.1) is 0 Å². The number of carbonyl (C=O) groups excluding carboxylic acids is 1. The van der Waals surface area contributed by atoms with Crippen LogP contribution in [0.5, 0.6) is 0 Å². The Bertz CT molecular complexity index is 424. The maximum Gasteiger partial charge on any atom is 0.322 e. The Balaban J connectivity index is 2.11. The second kappa shape index (κ2) is 5.40. The van der Waals surface area contributed by atoms with Crippen LogP contribution in [0.15, 0.2) is 18.2 Å². The zero-order valence-corrected chi connectivity index (χ0v) is 11.3. The van der Waals surface area contributed by atoms with Crippen molar-refractivity contribution in [2.75, 3.05) is 25.0 Å². The predicted molar refractivity (Wildman–Crippen MR) is 74.1 cm³/mol. The lowest BCUT2D eigenvalue weighted by Crippen LogP contribution is -2.30. The van der Waals surface area contributed by atoms with E-state index < -0.39 is 0 Å². The molecule has 0 aromatic heterocycles. The third-order valence-corrected chi connectivity index (χ3v) is 3.24. The highest BCUT2D eigenvalue weighted by atomic mass is 16.2. The number of nitrogens with one attached hydrogen (secondary N) is 2. The average molecular weight is 247 g/mol. The molecule has 0 bridgehead atoms. The predicted octanol–water partition coefficient (Wildman–Crippen LogP) is 1.81. The first-order valence-electron chi connectivity index (χ1n) is 6.41. The lowest BCUT2D eigenvalue weighted by atomic mass is 10.1. The Morgan fingerprint density at radius 2 is 2.00 bits per heavy atom. The summed E-state index contributed by atoms with van der Waals surface area (Å²) in [7, 11) is 1.93. The van der Waals surface area contributed by atoms with Crippen molar-refractivity contribution in [2.24, 2.45) is 0 Å². The van der Waals surface area contributed by atoms with E-state index in [9.17, 15) is 4.79 Å². The van der Waals surface area contributed by atoms with Crippen LogP contribution in [0.1, 0.15) is 17.5 Å². The van der Waals surface area contributed by atoms with Crippen LogP contribution in [0.2, 0.25) is 0 Å². The van der Waals surface area contributed by atoms with Crippen molar-refractivity contribution < 1.29 is 4.79 Å².